The Morgan fingerprint density at radius 2 is 2.32 bits per heavy atom. The lowest BCUT2D eigenvalue weighted by Crippen LogP contribution is -2.39. The van der Waals surface area contributed by atoms with Crippen LogP contribution in [0.3, 0.4) is 0 Å². The van der Waals surface area contributed by atoms with Crippen LogP contribution in [-0.2, 0) is 0 Å². The number of anilines is 1. The second-order valence-electron chi connectivity index (χ2n) is 4.90. The van der Waals surface area contributed by atoms with E-state index >= 15 is 0 Å². The van der Waals surface area contributed by atoms with Gasteiger partial charge in [0.1, 0.15) is 5.82 Å². The minimum Gasteiger partial charge on any atom is -0.396 e. The summed E-state index contributed by atoms with van der Waals surface area (Å²) in [6, 6.07) is 1.68. The molecule has 1 aromatic rings. The number of aliphatic hydroxyl groups excluding tert-OH is 1. The summed E-state index contributed by atoms with van der Waals surface area (Å²) < 4.78 is 0. The van der Waals surface area contributed by atoms with Crippen molar-refractivity contribution < 1.29 is 5.11 Å². The Labute approximate surface area is 123 Å². The van der Waals surface area contributed by atoms with E-state index in [1.54, 1.807) is 12.3 Å². The van der Waals surface area contributed by atoms with Crippen molar-refractivity contribution in [3.63, 3.8) is 0 Å². The molecule has 1 unspecified atom stereocenters. The van der Waals surface area contributed by atoms with Crippen LogP contribution in [0.4, 0.5) is 5.82 Å². The van der Waals surface area contributed by atoms with Gasteiger partial charge in [0.05, 0.1) is 10.0 Å². The van der Waals surface area contributed by atoms with Crippen LogP contribution in [0.2, 0.25) is 10.0 Å². The first kappa shape index (κ1) is 14.9. The highest BCUT2D eigenvalue weighted by molar-refractivity contribution is 6.35. The van der Waals surface area contributed by atoms with Crippen LogP contribution < -0.4 is 5.32 Å². The summed E-state index contributed by atoms with van der Waals surface area (Å²) in [5.74, 6) is 1.09. The van der Waals surface area contributed by atoms with Crippen LogP contribution in [-0.4, -0.2) is 47.8 Å². The van der Waals surface area contributed by atoms with Crippen LogP contribution in [0.1, 0.15) is 12.8 Å². The Balaban J connectivity index is 1.76. The van der Waals surface area contributed by atoms with Gasteiger partial charge in [-0.2, -0.15) is 0 Å². The number of hydrogen-bond acceptors (Lipinski definition) is 4. The van der Waals surface area contributed by atoms with Gasteiger partial charge in [-0.3, -0.25) is 0 Å². The maximum Gasteiger partial charge on any atom is 0.144 e. The van der Waals surface area contributed by atoms with Crippen LogP contribution in [0, 0.1) is 5.92 Å². The van der Waals surface area contributed by atoms with E-state index in [2.05, 4.69) is 15.2 Å². The molecule has 4 nitrogen and oxygen atoms in total. The average Bonchev–Trinajstić information content (AvgIpc) is 2.41. The van der Waals surface area contributed by atoms with E-state index < -0.39 is 0 Å². The van der Waals surface area contributed by atoms with E-state index in [1.807, 2.05) is 0 Å². The summed E-state index contributed by atoms with van der Waals surface area (Å²) in [5, 5.41) is 13.5. The third-order valence-corrected chi connectivity index (χ3v) is 3.88. The Morgan fingerprint density at radius 3 is 3.05 bits per heavy atom. The highest BCUT2D eigenvalue weighted by atomic mass is 35.5. The van der Waals surface area contributed by atoms with Gasteiger partial charge in [0.15, 0.2) is 0 Å². The molecule has 0 saturated carbocycles. The fourth-order valence-corrected chi connectivity index (χ4v) is 2.83. The van der Waals surface area contributed by atoms with Gasteiger partial charge in [-0.25, -0.2) is 4.98 Å². The second kappa shape index (κ2) is 7.29. The van der Waals surface area contributed by atoms with Gasteiger partial charge in [0, 0.05) is 32.4 Å². The highest BCUT2D eigenvalue weighted by Crippen LogP contribution is 2.22. The number of rotatable bonds is 5. The average molecular weight is 304 g/mol. The van der Waals surface area contributed by atoms with Gasteiger partial charge >= 0.3 is 0 Å². The number of aliphatic hydroxyl groups is 1. The first-order chi connectivity index (χ1) is 9.19. The molecule has 0 amide bonds. The number of hydrogen-bond donors (Lipinski definition) is 2. The number of aromatic nitrogens is 1. The molecular weight excluding hydrogens is 285 g/mol. The molecule has 1 fully saturated rings. The van der Waals surface area contributed by atoms with Crippen molar-refractivity contribution in [1.82, 2.24) is 9.88 Å². The Hall–Kier alpha value is -0.550. The SMILES string of the molecule is OCC1CCCN(CCNc2ncc(Cl)cc2Cl)C1. The third kappa shape index (κ3) is 4.49. The van der Waals surface area contributed by atoms with Crippen molar-refractivity contribution >= 4 is 29.0 Å². The second-order valence-corrected chi connectivity index (χ2v) is 5.75. The summed E-state index contributed by atoms with van der Waals surface area (Å²) >= 11 is 11.8. The van der Waals surface area contributed by atoms with Gasteiger partial charge in [-0.15, -0.1) is 0 Å². The van der Waals surface area contributed by atoms with E-state index in [-0.39, 0.29) is 6.61 Å². The van der Waals surface area contributed by atoms with E-state index in [9.17, 15) is 5.11 Å². The van der Waals surface area contributed by atoms with Crippen molar-refractivity contribution in [3.05, 3.63) is 22.3 Å². The topological polar surface area (TPSA) is 48.4 Å². The standard InChI is InChI=1S/C13H19Cl2N3O/c14-11-6-12(15)13(17-7-11)16-3-5-18-4-1-2-10(8-18)9-19/h6-7,10,19H,1-5,8-9H2,(H,16,17). The van der Waals surface area contributed by atoms with E-state index in [4.69, 9.17) is 23.2 Å². The first-order valence-corrected chi connectivity index (χ1v) is 7.32. The summed E-state index contributed by atoms with van der Waals surface area (Å²) in [6.45, 7) is 4.07. The molecule has 19 heavy (non-hydrogen) atoms. The molecule has 6 heteroatoms. The van der Waals surface area contributed by atoms with Gasteiger partial charge in [0.2, 0.25) is 0 Å². The van der Waals surface area contributed by atoms with E-state index in [0.29, 0.717) is 21.8 Å². The molecule has 2 heterocycles. The number of pyridine rings is 1. The summed E-state index contributed by atoms with van der Waals surface area (Å²) in [7, 11) is 0. The lowest BCUT2D eigenvalue weighted by atomic mass is 9.99. The van der Waals surface area contributed by atoms with Crippen LogP contribution in [0.25, 0.3) is 0 Å². The highest BCUT2D eigenvalue weighted by Gasteiger charge is 2.18. The molecule has 0 radical (unpaired) electrons. The fourth-order valence-electron chi connectivity index (χ4n) is 2.38. The summed E-state index contributed by atoms with van der Waals surface area (Å²) in [6.07, 6.45) is 3.87. The lowest BCUT2D eigenvalue weighted by molar-refractivity contribution is 0.123. The number of nitrogens with zero attached hydrogens (tertiary/aromatic N) is 2. The Morgan fingerprint density at radius 1 is 1.47 bits per heavy atom. The zero-order valence-corrected chi connectivity index (χ0v) is 12.3. The molecule has 106 valence electrons. The minimum atomic E-state index is 0.286. The zero-order chi connectivity index (χ0) is 13.7. The molecule has 1 aliphatic rings. The maximum atomic E-state index is 9.19. The van der Waals surface area contributed by atoms with Gasteiger partial charge in [0.25, 0.3) is 0 Å². The number of likely N-dealkylation sites (tertiary alicyclic amines) is 1. The normalized spacial score (nSPS) is 20.5. The van der Waals surface area contributed by atoms with Crippen molar-refractivity contribution in [2.75, 3.05) is 38.1 Å². The molecule has 0 spiro atoms. The predicted molar refractivity (Wildman–Crippen MR) is 79.0 cm³/mol. The third-order valence-electron chi connectivity index (χ3n) is 3.39. The quantitative estimate of drug-likeness (QED) is 0.877. The zero-order valence-electron chi connectivity index (χ0n) is 10.8. The molecule has 2 N–H and O–H groups in total. The fraction of sp³-hybridized carbons (Fsp3) is 0.615. The van der Waals surface area contributed by atoms with Crippen LogP contribution in [0.15, 0.2) is 12.3 Å². The Kier molecular flexibility index (Phi) is 5.70. The van der Waals surface area contributed by atoms with Gasteiger partial charge < -0.3 is 15.3 Å². The summed E-state index contributed by atoms with van der Waals surface area (Å²) in [4.78, 5) is 6.52. The monoisotopic (exact) mass is 303 g/mol. The Bertz CT molecular complexity index is 417. The molecule has 1 aromatic heterocycles. The summed E-state index contributed by atoms with van der Waals surface area (Å²) in [5.41, 5.74) is 0. The van der Waals surface area contributed by atoms with Crippen molar-refractivity contribution in [2.24, 2.45) is 5.92 Å². The van der Waals surface area contributed by atoms with Gasteiger partial charge in [-0.05, 0) is 31.4 Å². The number of halogens is 2. The molecule has 1 aliphatic heterocycles. The molecule has 0 aliphatic carbocycles. The van der Waals surface area contributed by atoms with Gasteiger partial charge in [-0.1, -0.05) is 23.2 Å². The molecule has 2 rings (SSSR count). The van der Waals surface area contributed by atoms with Crippen LogP contribution >= 0.6 is 23.2 Å². The minimum absolute atomic E-state index is 0.286. The maximum absolute atomic E-state index is 9.19. The molecule has 1 atom stereocenters. The molecule has 0 bridgehead atoms. The van der Waals surface area contributed by atoms with E-state index in [1.165, 1.54) is 0 Å². The molecule has 0 aromatic carbocycles. The smallest absolute Gasteiger partial charge is 0.144 e. The number of piperidine rings is 1. The first-order valence-electron chi connectivity index (χ1n) is 6.57. The van der Waals surface area contributed by atoms with Crippen molar-refractivity contribution in [1.29, 1.82) is 0 Å². The van der Waals surface area contributed by atoms with E-state index in [0.717, 1.165) is 39.0 Å². The molecular formula is C13H19Cl2N3O. The van der Waals surface area contributed by atoms with Crippen molar-refractivity contribution in [2.45, 2.75) is 12.8 Å². The predicted octanol–water partition coefficient (Wildman–Crippen LogP) is 2.50. The largest absolute Gasteiger partial charge is 0.396 e. The molecule has 1 saturated heterocycles. The number of nitrogens with one attached hydrogen (secondary N) is 1. The lowest BCUT2D eigenvalue weighted by Gasteiger charge is -2.31. The van der Waals surface area contributed by atoms with Crippen LogP contribution in [0.5, 0.6) is 0 Å². The van der Waals surface area contributed by atoms with Crippen molar-refractivity contribution in [3.8, 4) is 0 Å².